The smallest absolute Gasteiger partial charge is 0.253 e. The summed E-state index contributed by atoms with van der Waals surface area (Å²) in [5.74, 6) is 0.902. The van der Waals surface area contributed by atoms with E-state index in [1.165, 1.54) is 5.56 Å². The molecular weight excluding hydrogens is 328 g/mol. The standard InChI is InChI=1S/C20H28N4O2/c1-4-24-15-18(16(3)21-24)14-22-10-12-23(13-11-22)20(25)17-6-8-19(9-7-17)26-5-2/h6-9,15H,4-5,10-14H2,1-3H3. The molecule has 0 unspecified atom stereocenters. The number of benzene rings is 1. The summed E-state index contributed by atoms with van der Waals surface area (Å²) >= 11 is 0. The molecule has 1 aromatic heterocycles. The minimum Gasteiger partial charge on any atom is -0.494 e. The highest BCUT2D eigenvalue weighted by atomic mass is 16.5. The fourth-order valence-electron chi connectivity index (χ4n) is 3.27. The van der Waals surface area contributed by atoms with Gasteiger partial charge in [-0.25, -0.2) is 0 Å². The highest BCUT2D eigenvalue weighted by Crippen LogP contribution is 2.16. The molecule has 1 amide bonds. The van der Waals surface area contributed by atoms with Gasteiger partial charge in [-0.2, -0.15) is 5.10 Å². The van der Waals surface area contributed by atoms with Gasteiger partial charge in [-0.3, -0.25) is 14.4 Å². The molecule has 3 rings (SSSR count). The van der Waals surface area contributed by atoms with Crippen molar-refractivity contribution in [1.82, 2.24) is 19.6 Å². The molecule has 6 heteroatoms. The second-order valence-corrected chi connectivity index (χ2v) is 6.62. The lowest BCUT2D eigenvalue weighted by atomic mass is 10.1. The lowest BCUT2D eigenvalue weighted by Gasteiger charge is -2.34. The van der Waals surface area contributed by atoms with Crippen LogP contribution in [-0.2, 0) is 13.1 Å². The largest absolute Gasteiger partial charge is 0.494 e. The molecule has 140 valence electrons. The quantitative estimate of drug-likeness (QED) is 0.798. The van der Waals surface area contributed by atoms with E-state index < -0.39 is 0 Å². The zero-order valence-electron chi connectivity index (χ0n) is 15.9. The highest BCUT2D eigenvalue weighted by molar-refractivity contribution is 5.94. The van der Waals surface area contributed by atoms with Crippen molar-refractivity contribution in [3.63, 3.8) is 0 Å². The van der Waals surface area contributed by atoms with Crippen molar-refractivity contribution in [3.8, 4) is 5.75 Å². The van der Waals surface area contributed by atoms with Crippen LogP contribution in [0.4, 0.5) is 0 Å². The molecule has 0 atom stereocenters. The van der Waals surface area contributed by atoms with Crippen LogP contribution in [-0.4, -0.2) is 58.3 Å². The molecule has 0 N–H and O–H groups in total. The van der Waals surface area contributed by atoms with Gasteiger partial charge >= 0.3 is 0 Å². The summed E-state index contributed by atoms with van der Waals surface area (Å²) in [7, 11) is 0. The second-order valence-electron chi connectivity index (χ2n) is 6.62. The van der Waals surface area contributed by atoms with E-state index >= 15 is 0 Å². The van der Waals surface area contributed by atoms with E-state index in [4.69, 9.17) is 4.74 Å². The average Bonchev–Trinajstić information content (AvgIpc) is 3.02. The number of rotatable bonds is 6. The Bertz CT molecular complexity index is 731. The van der Waals surface area contributed by atoms with Crippen LogP contribution in [0.1, 0.15) is 35.5 Å². The fourth-order valence-corrected chi connectivity index (χ4v) is 3.27. The number of nitrogens with zero attached hydrogens (tertiary/aromatic N) is 4. The van der Waals surface area contributed by atoms with Gasteiger partial charge in [-0.1, -0.05) is 0 Å². The molecule has 0 saturated carbocycles. The first-order valence-corrected chi connectivity index (χ1v) is 9.38. The predicted octanol–water partition coefficient (Wildman–Crippen LogP) is 2.57. The summed E-state index contributed by atoms with van der Waals surface area (Å²) in [6.07, 6.45) is 2.13. The van der Waals surface area contributed by atoms with E-state index in [2.05, 4.69) is 30.0 Å². The number of aromatic nitrogens is 2. The SMILES string of the molecule is CCOc1ccc(C(=O)N2CCN(Cc3cn(CC)nc3C)CC2)cc1. The molecule has 1 aromatic carbocycles. The van der Waals surface area contributed by atoms with Crippen LogP contribution in [0.5, 0.6) is 5.75 Å². The van der Waals surface area contributed by atoms with Crippen molar-refractivity contribution < 1.29 is 9.53 Å². The average molecular weight is 356 g/mol. The Morgan fingerprint density at radius 3 is 2.38 bits per heavy atom. The maximum absolute atomic E-state index is 12.7. The number of hydrogen-bond acceptors (Lipinski definition) is 4. The van der Waals surface area contributed by atoms with Crippen LogP contribution in [0.2, 0.25) is 0 Å². The summed E-state index contributed by atoms with van der Waals surface area (Å²) in [5.41, 5.74) is 3.10. The molecule has 1 aliphatic rings. The molecule has 0 spiro atoms. The third-order valence-electron chi connectivity index (χ3n) is 4.84. The van der Waals surface area contributed by atoms with Gasteiger partial charge in [0, 0.05) is 56.6 Å². The van der Waals surface area contributed by atoms with Crippen LogP contribution in [0.15, 0.2) is 30.5 Å². The third kappa shape index (κ3) is 4.25. The number of piperazine rings is 1. The number of ether oxygens (including phenoxy) is 1. The molecule has 0 aliphatic carbocycles. The zero-order chi connectivity index (χ0) is 18.5. The van der Waals surface area contributed by atoms with Gasteiger partial charge in [0.1, 0.15) is 5.75 Å². The van der Waals surface area contributed by atoms with Gasteiger partial charge in [-0.05, 0) is 45.0 Å². The Morgan fingerprint density at radius 1 is 1.12 bits per heavy atom. The number of aryl methyl sites for hydroxylation is 2. The first kappa shape index (κ1) is 18.5. The summed E-state index contributed by atoms with van der Waals surface area (Å²) in [5, 5.41) is 4.51. The monoisotopic (exact) mass is 356 g/mol. The molecule has 1 fully saturated rings. The summed E-state index contributed by atoms with van der Waals surface area (Å²) in [6, 6.07) is 7.42. The summed E-state index contributed by atoms with van der Waals surface area (Å²) < 4.78 is 7.42. The molecule has 0 bridgehead atoms. The minimum absolute atomic E-state index is 0.0997. The fraction of sp³-hybridized carbons (Fsp3) is 0.500. The van der Waals surface area contributed by atoms with E-state index in [1.54, 1.807) is 0 Å². The van der Waals surface area contributed by atoms with Crippen molar-refractivity contribution in [2.45, 2.75) is 33.9 Å². The van der Waals surface area contributed by atoms with Crippen LogP contribution in [0.3, 0.4) is 0 Å². The maximum atomic E-state index is 12.7. The Morgan fingerprint density at radius 2 is 1.81 bits per heavy atom. The van der Waals surface area contributed by atoms with Gasteiger partial charge in [0.2, 0.25) is 0 Å². The van der Waals surface area contributed by atoms with Crippen molar-refractivity contribution >= 4 is 5.91 Å². The molecule has 2 aromatic rings. The van der Waals surface area contributed by atoms with E-state index in [1.807, 2.05) is 40.8 Å². The Hall–Kier alpha value is -2.34. The first-order valence-electron chi connectivity index (χ1n) is 9.38. The molecular formula is C20H28N4O2. The van der Waals surface area contributed by atoms with Crippen LogP contribution >= 0.6 is 0 Å². The van der Waals surface area contributed by atoms with E-state index in [0.717, 1.165) is 56.3 Å². The molecule has 0 radical (unpaired) electrons. The molecule has 6 nitrogen and oxygen atoms in total. The first-order chi connectivity index (χ1) is 12.6. The molecule has 2 heterocycles. The van der Waals surface area contributed by atoms with Crippen molar-refractivity contribution in [2.24, 2.45) is 0 Å². The van der Waals surface area contributed by atoms with Gasteiger partial charge in [0.15, 0.2) is 0 Å². The molecule has 1 aliphatic heterocycles. The van der Waals surface area contributed by atoms with Crippen molar-refractivity contribution in [1.29, 1.82) is 0 Å². The van der Waals surface area contributed by atoms with Crippen LogP contribution < -0.4 is 4.74 Å². The third-order valence-corrected chi connectivity index (χ3v) is 4.84. The van der Waals surface area contributed by atoms with Gasteiger partial charge in [-0.15, -0.1) is 0 Å². The summed E-state index contributed by atoms with van der Waals surface area (Å²) in [6.45, 7) is 11.8. The normalized spacial score (nSPS) is 15.3. The highest BCUT2D eigenvalue weighted by Gasteiger charge is 2.23. The van der Waals surface area contributed by atoms with Crippen molar-refractivity contribution in [3.05, 3.63) is 47.3 Å². The number of hydrogen-bond donors (Lipinski definition) is 0. The van der Waals surface area contributed by atoms with E-state index in [9.17, 15) is 4.79 Å². The minimum atomic E-state index is 0.0997. The molecule has 26 heavy (non-hydrogen) atoms. The number of carbonyl (C=O) groups is 1. The lowest BCUT2D eigenvalue weighted by Crippen LogP contribution is -2.48. The lowest BCUT2D eigenvalue weighted by molar-refractivity contribution is 0.0628. The maximum Gasteiger partial charge on any atom is 0.253 e. The van der Waals surface area contributed by atoms with Gasteiger partial charge in [0.05, 0.1) is 12.3 Å². The number of amides is 1. The molecule has 1 saturated heterocycles. The van der Waals surface area contributed by atoms with Gasteiger partial charge in [0.25, 0.3) is 5.91 Å². The summed E-state index contributed by atoms with van der Waals surface area (Å²) in [4.78, 5) is 17.0. The Kier molecular flexibility index (Phi) is 5.93. The van der Waals surface area contributed by atoms with Crippen molar-refractivity contribution in [2.75, 3.05) is 32.8 Å². The Balaban J connectivity index is 1.54. The zero-order valence-corrected chi connectivity index (χ0v) is 15.9. The predicted molar refractivity (Wildman–Crippen MR) is 101 cm³/mol. The van der Waals surface area contributed by atoms with Gasteiger partial charge < -0.3 is 9.64 Å². The Labute approximate surface area is 155 Å². The topological polar surface area (TPSA) is 50.6 Å². The van der Waals surface area contributed by atoms with E-state index in [0.29, 0.717) is 6.61 Å². The second kappa shape index (κ2) is 8.36. The number of carbonyl (C=O) groups excluding carboxylic acids is 1. The van der Waals surface area contributed by atoms with Crippen LogP contribution in [0, 0.1) is 6.92 Å². The van der Waals surface area contributed by atoms with Crippen LogP contribution in [0.25, 0.3) is 0 Å². The van der Waals surface area contributed by atoms with E-state index in [-0.39, 0.29) is 5.91 Å².